The van der Waals surface area contributed by atoms with Crippen molar-refractivity contribution in [2.75, 3.05) is 14.2 Å². The highest BCUT2D eigenvalue weighted by molar-refractivity contribution is 5.36. The molecule has 0 amide bonds. The predicted octanol–water partition coefficient (Wildman–Crippen LogP) is 2.91. The lowest BCUT2D eigenvalue weighted by Crippen LogP contribution is -2.60. The fourth-order valence-corrected chi connectivity index (χ4v) is 2.91. The Morgan fingerprint density at radius 2 is 2.05 bits per heavy atom. The van der Waals surface area contributed by atoms with Crippen molar-refractivity contribution in [1.82, 2.24) is 5.32 Å². The van der Waals surface area contributed by atoms with Gasteiger partial charge in [0.25, 0.3) is 0 Å². The molecule has 19 heavy (non-hydrogen) atoms. The summed E-state index contributed by atoms with van der Waals surface area (Å²) in [5.41, 5.74) is 2.69. The summed E-state index contributed by atoms with van der Waals surface area (Å²) in [7, 11) is 3.52. The Morgan fingerprint density at radius 3 is 2.63 bits per heavy atom. The molecule has 2 rings (SSSR count). The summed E-state index contributed by atoms with van der Waals surface area (Å²) < 4.78 is 10.9. The van der Waals surface area contributed by atoms with Crippen molar-refractivity contribution in [3.8, 4) is 5.75 Å². The van der Waals surface area contributed by atoms with E-state index in [0.717, 1.165) is 18.7 Å². The molecule has 3 nitrogen and oxygen atoms in total. The quantitative estimate of drug-likeness (QED) is 0.886. The summed E-state index contributed by atoms with van der Waals surface area (Å²) in [5.74, 6) is 0.957. The van der Waals surface area contributed by atoms with Gasteiger partial charge in [0.2, 0.25) is 0 Å². The zero-order valence-electron chi connectivity index (χ0n) is 12.6. The Balaban J connectivity index is 1.98. The second-order valence-electron chi connectivity index (χ2n) is 6.03. The average Bonchev–Trinajstić information content (AvgIpc) is 2.38. The highest BCUT2D eigenvalue weighted by Gasteiger charge is 2.48. The first kappa shape index (κ1) is 14.4. The maximum absolute atomic E-state index is 5.48. The van der Waals surface area contributed by atoms with Crippen molar-refractivity contribution in [1.29, 1.82) is 0 Å². The minimum Gasteiger partial charge on any atom is -0.496 e. The summed E-state index contributed by atoms with van der Waals surface area (Å²) in [4.78, 5) is 0. The monoisotopic (exact) mass is 263 g/mol. The van der Waals surface area contributed by atoms with Gasteiger partial charge in [0.15, 0.2) is 0 Å². The Labute approximate surface area is 116 Å². The molecule has 0 bridgehead atoms. The summed E-state index contributed by atoms with van der Waals surface area (Å²) >= 11 is 0. The fraction of sp³-hybridized carbons (Fsp3) is 0.625. The van der Waals surface area contributed by atoms with Crippen LogP contribution in [0.2, 0.25) is 0 Å². The van der Waals surface area contributed by atoms with Crippen LogP contribution in [0.1, 0.15) is 31.4 Å². The van der Waals surface area contributed by atoms with E-state index in [0.29, 0.717) is 12.1 Å². The third kappa shape index (κ3) is 2.77. The van der Waals surface area contributed by atoms with Crippen LogP contribution in [0.3, 0.4) is 0 Å². The number of ether oxygens (including phenoxy) is 2. The average molecular weight is 263 g/mol. The van der Waals surface area contributed by atoms with Gasteiger partial charge in [-0.05, 0) is 19.4 Å². The van der Waals surface area contributed by atoms with Crippen LogP contribution in [0.5, 0.6) is 5.75 Å². The first-order valence-electron chi connectivity index (χ1n) is 6.88. The van der Waals surface area contributed by atoms with Crippen LogP contribution in [0.15, 0.2) is 18.2 Å². The predicted molar refractivity (Wildman–Crippen MR) is 77.6 cm³/mol. The normalized spacial score (nSPS) is 24.9. The summed E-state index contributed by atoms with van der Waals surface area (Å²) in [6.45, 7) is 7.47. The van der Waals surface area contributed by atoms with Gasteiger partial charge in [-0.25, -0.2) is 0 Å². The van der Waals surface area contributed by atoms with Gasteiger partial charge < -0.3 is 14.8 Å². The van der Waals surface area contributed by atoms with Crippen LogP contribution in [0.25, 0.3) is 0 Å². The van der Waals surface area contributed by atoms with Crippen LogP contribution >= 0.6 is 0 Å². The molecular weight excluding hydrogens is 238 g/mol. The maximum Gasteiger partial charge on any atom is 0.123 e. The largest absolute Gasteiger partial charge is 0.496 e. The number of benzene rings is 1. The minimum absolute atomic E-state index is 0.200. The second kappa shape index (κ2) is 5.51. The van der Waals surface area contributed by atoms with E-state index < -0.39 is 0 Å². The van der Waals surface area contributed by atoms with Gasteiger partial charge in [0.1, 0.15) is 5.75 Å². The van der Waals surface area contributed by atoms with E-state index in [1.165, 1.54) is 11.1 Å². The third-order valence-corrected chi connectivity index (χ3v) is 4.44. The van der Waals surface area contributed by atoms with E-state index in [4.69, 9.17) is 9.47 Å². The molecule has 0 heterocycles. The molecular formula is C16H25NO2. The highest BCUT2D eigenvalue weighted by atomic mass is 16.5. The number of aryl methyl sites for hydroxylation is 1. The van der Waals surface area contributed by atoms with Gasteiger partial charge >= 0.3 is 0 Å². The van der Waals surface area contributed by atoms with Crippen molar-refractivity contribution < 1.29 is 9.47 Å². The molecule has 0 aromatic heterocycles. The van der Waals surface area contributed by atoms with Crippen LogP contribution in [0, 0.1) is 12.3 Å². The molecule has 106 valence electrons. The topological polar surface area (TPSA) is 30.5 Å². The van der Waals surface area contributed by atoms with Gasteiger partial charge in [-0.3, -0.25) is 0 Å². The van der Waals surface area contributed by atoms with Crippen LogP contribution < -0.4 is 10.1 Å². The zero-order chi connectivity index (χ0) is 14.0. The molecule has 1 aliphatic rings. The number of hydrogen-bond donors (Lipinski definition) is 1. The maximum atomic E-state index is 5.48. The van der Waals surface area contributed by atoms with E-state index >= 15 is 0 Å². The Bertz CT molecular complexity index is 442. The molecule has 1 N–H and O–H groups in total. The highest BCUT2D eigenvalue weighted by Crippen LogP contribution is 2.42. The van der Waals surface area contributed by atoms with E-state index in [2.05, 4.69) is 38.2 Å². The smallest absolute Gasteiger partial charge is 0.123 e. The zero-order valence-corrected chi connectivity index (χ0v) is 12.6. The molecule has 0 aliphatic heterocycles. The third-order valence-electron chi connectivity index (χ3n) is 4.44. The standard InChI is InChI=1S/C16H25NO2/c1-11-6-7-13(18-4)12(8-11)10-17-14-9-15(19-5)16(14,2)3/h6-8,14-15,17H,9-10H2,1-5H3. The van der Waals surface area contributed by atoms with Gasteiger partial charge in [-0.1, -0.05) is 31.5 Å². The van der Waals surface area contributed by atoms with E-state index in [9.17, 15) is 0 Å². The van der Waals surface area contributed by atoms with Gasteiger partial charge in [-0.2, -0.15) is 0 Å². The lowest BCUT2D eigenvalue weighted by atomic mass is 9.64. The van der Waals surface area contributed by atoms with Gasteiger partial charge in [-0.15, -0.1) is 0 Å². The molecule has 1 fully saturated rings. The lowest BCUT2D eigenvalue weighted by Gasteiger charge is -2.51. The summed E-state index contributed by atoms with van der Waals surface area (Å²) in [5, 5.41) is 3.63. The number of methoxy groups -OCH3 is 2. The molecule has 1 aromatic carbocycles. The number of hydrogen-bond acceptors (Lipinski definition) is 3. The second-order valence-corrected chi connectivity index (χ2v) is 6.03. The lowest BCUT2D eigenvalue weighted by molar-refractivity contribution is -0.0979. The van der Waals surface area contributed by atoms with E-state index in [-0.39, 0.29) is 5.41 Å². The minimum atomic E-state index is 0.200. The van der Waals surface area contributed by atoms with E-state index in [1.54, 1.807) is 14.2 Å². The molecule has 0 saturated heterocycles. The van der Waals surface area contributed by atoms with Crippen molar-refractivity contribution in [3.05, 3.63) is 29.3 Å². The molecule has 1 aliphatic carbocycles. The Hall–Kier alpha value is -1.06. The van der Waals surface area contributed by atoms with Crippen molar-refractivity contribution in [2.45, 2.75) is 45.9 Å². The van der Waals surface area contributed by atoms with Crippen molar-refractivity contribution >= 4 is 0 Å². The van der Waals surface area contributed by atoms with Crippen LogP contribution in [0.4, 0.5) is 0 Å². The Kier molecular flexibility index (Phi) is 4.16. The molecule has 2 atom stereocenters. The molecule has 1 saturated carbocycles. The van der Waals surface area contributed by atoms with Crippen LogP contribution in [-0.4, -0.2) is 26.4 Å². The van der Waals surface area contributed by atoms with Gasteiger partial charge in [0, 0.05) is 30.7 Å². The number of nitrogens with one attached hydrogen (secondary N) is 1. The summed E-state index contributed by atoms with van der Waals surface area (Å²) in [6, 6.07) is 6.81. The van der Waals surface area contributed by atoms with Crippen molar-refractivity contribution in [2.24, 2.45) is 5.41 Å². The molecule has 3 heteroatoms. The first-order valence-corrected chi connectivity index (χ1v) is 6.88. The molecule has 2 unspecified atom stereocenters. The van der Waals surface area contributed by atoms with Crippen LogP contribution in [-0.2, 0) is 11.3 Å². The molecule has 1 aromatic rings. The SMILES string of the molecule is COc1ccc(C)cc1CNC1CC(OC)C1(C)C. The first-order chi connectivity index (χ1) is 8.98. The fourth-order valence-electron chi connectivity index (χ4n) is 2.91. The van der Waals surface area contributed by atoms with Gasteiger partial charge in [0.05, 0.1) is 13.2 Å². The molecule has 0 radical (unpaired) electrons. The van der Waals surface area contributed by atoms with Crippen molar-refractivity contribution in [3.63, 3.8) is 0 Å². The molecule has 0 spiro atoms. The number of rotatable bonds is 5. The Morgan fingerprint density at radius 1 is 1.32 bits per heavy atom. The summed E-state index contributed by atoms with van der Waals surface area (Å²) in [6.07, 6.45) is 1.45. The van der Waals surface area contributed by atoms with E-state index in [1.807, 2.05) is 6.07 Å².